The summed E-state index contributed by atoms with van der Waals surface area (Å²) >= 11 is 3.53. The highest BCUT2D eigenvalue weighted by molar-refractivity contribution is 9.10. The average Bonchev–Trinajstić information content (AvgIpc) is 3.10. The van der Waals surface area contributed by atoms with Gasteiger partial charge in [-0.2, -0.15) is 0 Å². The van der Waals surface area contributed by atoms with Crippen LogP contribution in [0.15, 0.2) is 83.3 Å². The molecule has 0 saturated heterocycles. The van der Waals surface area contributed by atoms with Crippen LogP contribution in [-0.4, -0.2) is 20.2 Å². The van der Waals surface area contributed by atoms with E-state index in [0.717, 1.165) is 35.7 Å². The topological polar surface area (TPSA) is 26.3 Å². The second kappa shape index (κ2) is 8.89. The molecule has 2 nitrogen and oxygen atoms in total. The van der Waals surface area contributed by atoms with E-state index in [1.807, 2.05) is 12.1 Å². The average molecular weight is 533 g/mol. The van der Waals surface area contributed by atoms with Gasteiger partial charge in [-0.05, 0) is 65.2 Å². The van der Waals surface area contributed by atoms with Crippen molar-refractivity contribution in [3.63, 3.8) is 0 Å². The maximum Gasteiger partial charge on any atom is 0.261 e. The Bertz CT molecular complexity index is 1140. The summed E-state index contributed by atoms with van der Waals surface area (Å²) in [5.74, 6) is 0.309. The minimum atomic E-state index is -2.60. The number of hydrogen-bond acceptors (Lipinski definition) is 2. The molecule has 5 rings (SSSR count). The van der Waals surface area contributed by atoms with Gasteiger partial charge in [0, 0.05) is 21.6 Å². The highest BCUT2D eigenvalue weighted by atomic mass is 79.9. The lowest BCUT2D eigenvalue weighted by Gasteiger charge is -2.47. The van der Waals surface area contributed by atoms with E-state index < -0.39 is 8.32 Å². The van der Waals surface area contributed by atoms with Crippen LogP contribution in [0.4, 0.5) is 0 Å². The van der Waals surface area contributed by atoms with Gasteiger partial charge in [0.2, 0.25) is 0 Å². The molecule has 4 heteroatoms. The Hall–Kier alpha value is -2.01. The molecular weight excluding hydrogens is 500 g/mol. The minimum absolute atomic E-state index is 0.0418. The zero-order chi connectivity index (χ0) is 24.0. The summed E-state index contributed by atoms with van der Waals surface area (Å²) in [5.41, 5.74) is 1.79. The first-order chi connectivity index (χ1) is 16.3. The number of halogens is 1. The molecule has 2 aliphatic carbocycles. The molecule has 175 valence electrons. The lowest BCUT2D eigenvalue weighted by atomic mass is 9.70. The standard InChI is InChI=1S/C30H32BrO2Si/c1-29(2,3)34(25-10-6-4-7-11-25,26-12-8-5-9-13-26)33-24-16-18-30(19-17-24)21-22-14-15-23(31)20-27(22)28(30)32/h4-16,20,24H,17-19,21H2,1-3H3. The van der Waals surface area contributed by atoms with Crippen molar-refractivity contribution in [1.29, 1.82) is 0 Å². The molecule has 0 aliphatic heterocycles. The van der Waals surface area contributed by atoms with E-state index in [2.05, 4.69) is 110 Å². The Morgan fingerprint density at radius 3 is 2.09 bits per heavy atom. The summed E-state index contributed by atoms with van der Waals surface area (Å²) in [6.07, 6.45) is 5.72. The predicted octanol–water partition coefficient (Wildman–Crippen LogP) is 6.51. The molecule has 1 fully saturated rings. The van der Waals surface area contributed by atoms with Gasteiger partial charge in [-0.3, -0.25) is 4.79 Å². The van der Waals surface area contributed by atoms with E-state index in [1.165, 1.54) is 15.9 Å². The zero-order valence-corrected chi connectivity index (χ0v) is 22.8. The van der Waals surface area contributed by atoms with E-state index in [1.54, 1.807) is 0 Å². The van der Waals surface area contributed by atoms with E-state index in [-0.39, 0.29) is 16.6 Å². The quantitative estimate of drug-likeness (QED) is 0.358. The summed E-state index contributed by atoms with van der Waals surface area (Å²) in [5, 5.41) is 2.55. The molecule has 0 aromatic heterocycles. The van der Waals surface area contributed by atoms with Crippen molar-refractivity contribution >= 4 is 40.4 Å². The van der Waals surface area contributed by atoms with Gasteiger partial charge in [0.25, 0.3) is 8.32 Å². The first-order valence-corrected chi connectivity index (χ1v) is 14.9. The number of carbonyl (C=O) groups excluding carboxylic acids is 1. The fourth-order valence-corrected chi connectivity index (χ4v) is 11.1. The summed E-state index contributed by atoms with van der Waals surface area (Å²) in [6, 6.07) is 27.8. The smallest absolute Gasteiger partial charge is 0.261 e. The first kappa shape index (κ1) is 23.7. The first-order valence-electron chi connectivity index (χ1n) is 12.2. The maximum absolute atomic E-state index is 13.4. The molecule has 2 atom stereocenters. The van der Waals surface area contributed by atoms with Crippen molar-refractivity contribution in [3.8, 4) is 0 Å². The Kier molecular flexibility index (Phi) is 6.20. The Balaban J connectivity index is 1.45. The van der Waals surface area contributed by atoms with Crippen molar-refractivity contribution in [1.82, 2.24) is 0 Å². The van der Waals surface area contributed by atoms with Crippen molar-refractivity contribution in [2.75, 3.05) is 0 Å². The number of rotatable bonds is 4. The molecule has 1 saturated carbocycles. The lowest BCUT2D eigenvalue weighted by molar-refractivity contribution is 0.0691. The van der Waals surface area contributed by atoms with Gasteiger partial charge in [0.1, 0.15) is 0 Å². The second-order valence-corrected chi connectivity index (χ2v) is 16.1. The fraction of sp³-hybridized carbons (Fsp3) is 0.333. The molecule has 1 spiro atoms. The number of ketones is 1. The van der Waals surface area contributed by atoms with Crippen LogP contribution in [0.25, 0.3) is 0 Å². The monoisotopic (exact) mass is 531 g/mol. The molecule has 0 amide bonds. The molecule has 3 aromatic carbocycles. The fourth-order valence-electron chi connectivity index (χ4n) is 6.03. The summed E-state index contributed by atoms with van der Waals surface area (Å²) in [4.78, 5) is 13.4. The van der Waals surface area contributed by atoms with E-state index in [4.69, 9.17) is 4.43 Å². The van der Waals surface area contributed by atoms with Crippen LogP contribution in [0.2, 0.25) is 5.04 Å². The van der Waals surface area contributed by atoms with Gasteiger partial charge in [-0.25, -0.2) is 0 Å². The molecule has 0 N–H and O–H groups in total. The molecule has 1 radical (unpaired) electrons. The van der Waals surface area contributed by atoms with Crippen LogP contribution in [-0.2, 0) is 10.8 Å². The van der Waals surface area contributed by atoms with Crippen molar-refractivity contribution in [2.24, 2.45) is 5.41 Å². The third kappa shape index (κ3) is 3.94. The Labute approximate surface area is 213 Å². The normalized spacial score (nSPS) is 22.7. The largest absolute Gasteiger partial charge is 0.404 e. The van der Waals surface area contributed by atoms with Crippen molar-refractivity contribution < 1.29 is 9.22 Å². The second-order valence-electron chi connectivity index (χ2n) is 10.9. The minimum Gasteiger partial charge on any atom is -0.404 e. The van der Waals surface area contributed by atoms with Crippen LogP contribution in [0.1, 0.15) is 56.0 Å². The van der Waals surface area contributed by atoms with Crippen LogP contribution >= 0.6 is 15.9 Å². The van der Waals surface area contributed by atoms with Gasteiger partial charge < -0.3 is 4.43 Å². The molecule has 0 heterocycles. The number of carbonyl (C=O) groups is 1. The van der Waals surface area contributed by atoms with Gasteiger partial charge in [-0.1, -0.05) is 103 Å². The maximum atomic E-state index is 13.4. The highest BCUT2D eigenvalue weighted by Gasteiger charge is 2.53. The van der Waals surface area contributed by atoms with Gasteiger partial charge in [0.05, 0.1) is 0 Å². The summed E-state index contributed by atoms with van der Waals surface area (Å²) in [7, 11) is -2.60. The SMILES string of the molecule is CC(C)(C)[Si](OC1[CH]CC2(CC1)Cc1ccc(Br)cc1C2=O)(c1ccccc1)c1ccccc1. The van der Waals surface area contributed by atoms with Crippen LogP contribution in [0, 0.1) is 11.8 Å². The third-order valence-corrected chi connectivity index (χ3v) is 13.3. The molecular formula is C30H32BrO2Si. The van der Waals surface area contributed by atoms with Crippen LogP contribution < -0.4 is 10.4 Å². The summed E-state index contributed by atoms with van der Waals surface area (Å²) in [6.45, 7) is 6.95. The van der Waals surface area contributed by atoms with Crippen molar-refractivity contribution in [3.05, 3.63) is 101 Å². The predicted molar refractivity (Wildman–Crippen MR) is 145 cm³/mol. The van der Waals surface area contributed by atoms with Crippen LogP contribution in [0.3, 0.4) is 0 Å². The molecule has 0 bridgehead atoms. The highest BCUT2D eigenvalue weighted by Crippen LogP contribution is 2.49. The number of benzene rings is 3. The third-order valence-electron chi connectivity index (χ3n) is 7.75. The van der Waals surface area contributed by atoms with Crippen LogP contribution in [0.5, 0.6) is 0 Å². The Morgan fingerprint density at radius 2 is 1.56 bits per heavy atom. The molecule has 2 aliphatic rings. The number of fused-ring (bicyclic) bond motifs is 1. The van der Waals surface area contributed by atoms with E-state index >= 15 is 0 Å². The molecule has 2 unspecified atom stereocenters. The van der Waals surface area contributed by atoms with Gasteiger partial charge in [-0.15, -0.1) is 0 Å². The van der Waals surface area contributed by atoms with E-state index in [9.17, 15) is 4.79 Å². The number of hydrogen-bond donors (Lipinski definition) is 0. The van der Waals surface area contributed by atoms with Gasteiger partial charge >= 0.3 is 0 Å². The lowest BCUT2D eigenvalue weighted by Crippen LogP contribution is -2.68. The number of Topliss-reactive ketones (excluding diaryl/α,β-unsaturated/α-hetero) is 1. The molecule has 34 heavy (non-hydrogen) atoms. The van der Waals surface area contributed by atoms with E-state index in [0.29, 0.717) is 5.78 Å². The van der Waals surface area contributed by atoms with Gasteiger partial charge in [0.15, 0.2) is 5.78 Å². The molecule has 3 aromatic rings. The van der Waals surface area contributed by atoms with Crippen molar-refractivity contribution in [2.45, 2.75) is 57.6 Å². The Morgan fingerprint density at radius 1 is 0.941 bits per heavy atom. The zero-order valence-electron chi connectivity index (χ0n) is 20.2. The summed E-state index contributed by atoms with van der Waals surface area (Å²) < 4.78 is 8.29.